The molecule has 0 radical (unpaired) electrons. The number of amidine groups is 1. The molecule has 1 atom stereocenters. The van der Waals surface area contributed by atoms with Gasteiger partial charge in [-0.3, -0.25) is 0 Å². The molecule has 1 N–H and O–H groups in total. The monoisotopic (exact) mass is 259 g/mol. The average Bonchev–Trinajstić information content (AvgIpc) is 2.42. The lowest BCUT2D eigenvalue weighted by atomic mass is 10.3. The second kappa shape index (κ2) is 10.3. The molecule has 2 heteroatoms. The maximum Gasteiger partial charge on any atom is 0.229 e. The summed E-state index contributed by atoms with van der Waals surface area (Å²) in [7, 11) is 1.99. The first-order valence-electron chi connectivity index (χ1n) is 6.87. The summed E-state index contributed by atoms with van der Waals surface area (Å²) < 4.78 is 0.477. The van der Waals surface area contributed by atoms with Crippen molar-refractivity contribution in [1.82, 2.24) is 0 Å². The highest BCUT2D eigenvalue weighted by atomic mass is 15.3. The van der Waals surface area contributed by atoms with Gasteiger partial charge in [0.15, 0.2) is 0 Å². The van der Waals surface area contributed by atoms with Gasteiger partial charge in [0.1, 0.15) is 12.4 Å². The van der Waals surface area contributed by atoms with Crippen molar-refractivity contribution >= 4 is 5.84 Å². The second-order valence-electron chi connectivity index (χ2n) is 4.39. The van der Waals surface area contributed by atoms with Crippen molar-refractivity contribution in [2.75, 3.05) is 7.05 Å². The van der Waals surface area contributed by atoms with Crippen LogP contribution in [-0.4, -0.2) is 17.4 Å². The molecule has 1 unspecified atom stereocenters. The largest absolute Gasteiger partial charge is 0.250 e. The van der Waals surface area contributed by atoms with E-state index in [1.54, 1.807) is 0 Å². The number of quaternary nitrogens is 1. The molecule has 1 heterocycles. The molecule has 19 heavy (non-hydrogen) atoms. The summed E-state index contributed by atoms with van der Waals surface area (Å²) >= 11 is 0. The van der Waals surface area contributed by atoms with Crippen LogP contribution in [0.2, 0.25) is 0 Å². The molecule has 0 amide bonds. The zero-order chi connectivity index (χ0) is 14.6. The minimum absolute atomic E-state index is 0.477. The van der Waals surface area contributed by atoms with E-state index in [0.717, 1.165) is 12.8 Å². The SMILES string of the molecule is C/C=C\C=C/CC.CC/C=C\[N+]1(C)C=CC=CC1=N. The number of nitrogens with one attached hydrogen (secondary N) is 1. The molecule has 0 aliphatic carbocycles. The molecule has 0 saturated carbocycles. The highest BCUT2D eigenvalue weighted by Crippen LogP contribution is 2.12. The number of rotatable bonds is 4. The fourth-order valence-electron chi connectivity index (χ4n) is 1.40. The summed E-state index contributed by atoms with van der Waals surface area (Å²) in [5.41, 5.74) is 0. The first-order valence-corrected chi connectivity index (χ1v) is 6.87. The van der Waals surface area contributed by atoms with Crippen LogP contribution in [0.5, 0.6) is 0 Å². The zero-order valence-electron chi connectivity index (χ0n) is 12.6. The van der Waals surface area contributed by atoms with E-state index in [-0.39, 0.29) is 0 Å². The lowest BCUT2D eigenvalue weighted by Gasteiger charge is -2.25. The van der Waals surface area contributed by atoms with E-state index in [0.29, 0.717) is 10.3 Å². The first kappa shape index (κ1) is 17.3. The van der Waals surface area contributed by atoms with E-state index in [1.807, 2.05) is 56.8 Å². The van der Waals surface area contributed by atoms with Crippen molar-refractivity contribution in [2.45, 2.75) is 33.6 Å². The van der Waals surface area contributed by atoms with Gasteiger partial charge in [0.2, 0.25) is 5.84 Å². The molecule has 2 nitrogen and oxygen atoms in total. The summed E-state index contributed by atoms with van der Waals surface area (Å²) in [6, 6.07) is 0. The quantitative estimate of drug-likeness (QED) is 0.546. The molecule has 0 saturated heterocycles. The second-order valence-corrected chi connectivity index (χ2v) is 4.39. The Labute approximate surface area is 118 Å². The molecule has 0 aromatic heterocycles. The number of allylic oxidation sites excluding steroid dienone is 7. The Balaban J connectivity index is 0.000000399. The number of hydrogen-bond donors (Lipinski definition) is 1. The van der Waals surface area contributed by atoms with Crippen LogP contribution >= 0.6 is 0 Å². The van der Waals surface area contributed by atoms with E-state index in [4.69, 9.17) is 5.41 Å². The van der Waals surface area contributed by atoms with E-state index in [1.165, 1.54) is 0 Å². The Kier molecular flexibility index (Phi) is 9.37. The Morgan fingerprint density at radius 1 is 1.11 bits per heavy atom. The topological polar surface area (TPSA) is 23.9 Å². The highest BCUT2D eigenvalue weighted by Gasteiger charge is 2.21. The van der Waals surface area contributed by atoms with Crippen molar-refractivity contribution in [1.29, 1.82) is 5.41 Å². The Morgan fingerprint density at radius 2 is 1.79 bits per heavy atom. The van der Waals surface area contributed by atoms with Crippen LogP contribution < -0.4 is 0 Å². The fourth-order valence-corrected chi connectivity index (χ4v) is 1.40. The van der Waals surface area contributed by atoms with E-state index >= 15 is 0 Å². The molecular formula is C17H27N2+. The average molecular weight is 259 g/mol. The summed E-state index contributed by atoms with van der Waals surface area (Å²) in [6.45, 7) is 6.23. The van der Waals surface area contributed by atoms with Crippen LogP contribution in [0.25, 0.3) is 0 Å². The van der Waals surface area contributed by atoms with Crippen LogP contribution in [0.3, 0.4) is 0 Å². The number of nitrogens with zero attached hydrogens (tertiary/aromatic N) is 1. The van der Waals surface area contributed by atoms with E-state index in [9.17, 15) is 0 Å². The van der Waals surface area contributed by atoms with Crippen LogP contribution in [0.4, 0.5) is 0 Å². The molecular weight excluding hydrogens is 232 g/mol. The van der Waals surface area contributed by atoms with Gasteiger partial charge in [-0.25, -0.2) is 9.89 Å². The van der Waals surface area contributed by atoms with E-state index < -0.39 is 0 Å². The van der Waals surface area contributed by atoms with Crippen molar-refractivity contribution in [2.24, 2.45) is 0 Å². The van der Waals surface area contributed by atoms with Gasteiger partial charge in [0.05, 0.1) is 7.05 Å². The summed E-state index contributed by atoms with van der Waals surface area (Å²) in [6.07, 6.45) is 22.2. The lowest BCUT2D eigenvalue weighted by Crippen LogP contribution is -2.38. The van der Waals surface area contributed by atoms with Crippen molar-refractivity contribution in [3.05, 3.63) is 61.0 Å². The molecule has 0 bridgehead atoms. The molecule has 1 rings (SSSR count). The summed E-state index contributed by atoms with van der Waals surface area (Å²) in [5, 5.41) is 7.70. The van der Waals surface area contributed by atoms with Crippen molar-refractivity contribution < 1.29 is 4.48 Å². The van der Waals surface area contributed by atoms with Crippen LogP contribution in [0.15, 0.2) is 61.0 Å². The maximum atomic E-state index is 7.70. The van der Waals surface area contributed by atoms with Crippen LogP contribution in [0, 0.1) is 5.41 Å². The summed E-state index contributed by atoms with van der Waals surface area (Å²) in [4.78, 5) is 0. The van der Waals surface area contributed by atoms with Gasteiger partial charge < -0.3 is 0 Å². The molecule has 0 fully saturated rings. The molecule has 1 aliphatic heterocycles. The van der Waals surface area contributed by atoms with Gasteiger partial charge >= 0.3 is 0 Å². The summed E-state index contributed by atoms with van der Waals surface area (Å²) in [5.74, 6) is 0.599. The fraction of sp³-hybridized carbons (Fsp3) is 0.353. The van der Waals surface area contributed by atoms with Gasteiger partial charge in [-0.15, -0.1) is 0 Å². The lowest BCUT2D eigenvalue weighted by molar-refractivity contribution is -0.707. The van der Waals surface area contributed by atoms with Gasteiger partial charge in [-0.1, -0.05) is 38.2 Å². The number of likely N-dealkylation sites (N-methyl/N-ethyl adjacent to an activating group) is 1. The van der Waals surface area contributed by atoms with Gasteiger partial charge in [0.25, 0.3) is 0 Å². The van der Waals surface area contributed by atoms with Crippen molar-refractivity contribution in [3.8, 4) is 0 Å². The zero-order valence-corrected chi connectivity index (χ0v) is 12.6. The maximum absolute atomic E-state index is 7.70. The van der Waals surface area contributed by atoms with Gasteiger partial charge in [-0.2, -0.15) is 0 Å². The van der Waals surface area contributed by atoms with Crippen molar-refractivity contribution in [3.63, 3.8) is 0 Å². The van der Waals surface area contributed by atoms with Gasteiger partial charge in [-0.05, 0) is 38.0 Å². The smallest absolute Gasteiger partial charge is 0.229 e. The molecule has 0 spiro atoms. The third-order valence-corrected chi connectivity index (χ3v) is 2.61. The molecule has 0 aromatic rings. The minimum Gasteiger partial charge on any atom is -0.250 e. The normalized spacial score (nSPS) is 22.4. The third kappa shape index (κ3) is 7.37. The van der Waals surface area contributed by atoms with E-state index in [2.05, 4.69) is 32.1 Å². The Hall–Kier alpha value is -1.67. The minimum atomic E-state index is 0.477. The standard InChI is InChI=1S/C10H15N2.C7H12/c1-3-4-8-12(2)9-6-5-7-10(12)11;1-3-5-7-6-4-2/h4-9,11H,3H2,1-2H3;3,5-7H,4H2,1-2H3/q+1;/b8-4-,11-10?;5-3-,7-6-. The predicted molar refractivity (Wildman–Crippen MR) is 85.9 cm³/mol. The third-order valence-electron chi connectivity index (χ3n) is 2.61. The molecule has 1 aliphatic rings. The predicted octanol–water partition coefficient (Wildman–Crippen LogP) is 4.95. The van der Waals surface area contributed by atoms with Crippen LogP contribution in [-0.2, 0) is 0 Å². The Morgan fingerprint density at radius 3 is 2.32 bits per heavy atom. The Bertz CT molecular complexity index is 397. The van der Waals surface area contributed by atoms with Gasteiger partial charge in [0, 0.05) is 6.08 Å². The molecule has 104 valence electrons. The van der Waals surface area contributed by atoms with Crippen LogP contribution in [0.1, 0.15) is 33.6 Å². The molecule has 0 aromatic carbocycles. The first-order chi connectivity index (χ1) is 9.10. The number of hydrogen-bond acceptors (Lipinski definition) is 1. The highest BCUT2D eigenvalue weighted by molar-refractivity contribution is 5.86.